The minimum atomic E-state index is -3.69. The number of hydrogen-bond acceptors (Lipinski definition) is 5. The molecule has 3 rings (SSSR count). The summed E-state index contributed by atoms with van der Waals surface area (Å²) < 4.78 is 42.2. The summed E-state index contributed by atoms with van der Waals surface area (Å²) in [6.07, 6.45) is 1.26. The van der Waals surface area contributed by atoms with E-state index >= 15 is 0 Å². The zero-order valence-electron chi connectivity index (χ0n) is 17.3. The van der Waals surface area contributed by atoms with Crippen LogP contribution in [0.5, 0.6) is 0 Å². The molecule has 0 aliphatic heterocycles. The SMILES string of the molecule is Cc1c(-c2cccc(S(=O)(=O)N(C)C)c2)c2nc(C(=O)O)ccc2n1CC(F)=CCN. The van der Waals surface area contributed by atoms with Gasteiger partial charge in [0.15, 0.2) is 0 Å². The van der Waals surface area contributed by atoms with E-state index < -0.39 is 21.8 Å². The van der Waals surface area contributed by atoms with E-state index in [1.165, 1.54) is 38.4 Å². The molecule has 0 unspecified atom stereocenters. The number of carboxylic acids is 1. The van der Waals surface area contributed by atoms with Crippen molar-refractivity contribution in [1.29, 1.82) is 0 Å². The van der Waals surface area contributed by atoms with Gasteiger partial charge in [0.25, 0.3) is 0 Å². The molecule has 0 spiro atoms. The van der Waals surface area contributed by atoms with E-state index in [4.69, 9.17) is 5.73 Å². The molecule has 10 heteroatoms. The number of allylic oxidation sites excluding steroid dienone is 1. The van der Waals surface area contributed by atoms with Gasteiger partial charge in [0, 0.05) is 31.9 Å². The van der Waals surface area contributed by atoms with Gasteiger partial charge in [-0.25, -0.2) is 26.9 Å². The third kappa shape index (κ3) is 4.22. The molecule has 2 heterocycles. The number of benzene rings is 1. The van der Waals surface area contributed by atoms with Crippen molar-refractivity contribution in [3.63, 3.8) is 0 Å². The van der Waals surface area contributed by atoms with Gasteiger partial charge in [-0.15, -0.1) is 0 Å². The van der Waals surface area contributed by atoms with Crippen LogP contribution in [0.25, 0.3) is 22.2 Å². The lowest BCUT2D eigenvalue weighted by Crippen LogP contribution is -2.22. The van der Waals surface area contributed by atoms with Gasteiger partial charge in [-0.05, 0) is 42.8 Å². The van der Waals surface area contributed by atoms with E-state index in [0.717, 1.165) is 4.31 Å². The predicted octanol–water partition coefficient (Wildman–Crippen LogP) is 2.77. The Hall–Kier alpha value is -3.08. The molecule has 0 radical (unpaired) electrons. The smallest absolute Gasteiger partial charge is 0.354 e. The fourth-order valence-electron chi connectivity index (χ4n) is 3.38. The highest BCUT2D eigenvalue weighted by molar-refractivity contribution is 7.89. The van der Waals surface area contributed by atoms with Crippen LogP contribution in [0.15, 0.2) is 53.2 Å². The second-order valence-electron chi connectivity index (χ2n) is 7.12. The summed E-state index contributed by atoms with van der Waals surface area (Å²) in [6, 6.07) is 9.21. The summed E-state index contributed by atoms with van der Waals surface area (Å²) in [5.74, 6) is -1.64. The van der Waals surface area contributed by atoms with E-state index in [1.807, 2.05) is 0 Å². The number of rotatable bonds is 7. The first-order chi connectivity index (χ1) is 14.6. The molecule has 3 N–H and O–H groups in total. The van der Waals surface area contributed by atoms with Gasteiger partial charge in [0.1, 0.15) is 11.5 Å². The minimum absolute atomic E-state index is 0.0444. The van der Waals surface area contributed by atoms with Gasteiger partial charge in [0.05, 0.1) is 22.5 Å². The number of fused-ring (bicyclic) bond motifs is 1. The van der Waals surface area contributed by atoms with Crippen molar-refractivity contribution in [2.45, 2.75) is 18.4 Å². The van der Waals surface area contributed by atoms with E-state index in [0.29, 0.717) is 27.9 Å². The highest BCUT2D eigenvalue weighted by atomic mass is 32.2. The fraction of sp³-hybridized carbons (Fsp3) is 0.238. The number of pyridine rings is 1. The molecule has 1 aromatic carbocycles. The van der Waals surface area contributed by atoms with Crippen LogP contribution in [0.1, 0.15) is 16.2 Å². The van der Waals surface area contributed by atoms with Crippen LogP contribution in [-0.4, -0.2) is 54.0 Å². The maximum atomic E-state index is 14.3. The number of aromatic nitrogens is 2. The maximum absolute atomic E-state index is 14.3. The Morgan fingerprint density at radius 2 is 2.00 bits per heavy atom. The van der Waals surface area contributed by atoms with Crippen LogP contribution in [0.3, 0.4) is 0 Å². The molecule has 0 saturated heterocycles. The predicted molar refractivity (Wildman–Crippen MR) is 116 cm³/mol. The fourth-order valence-corrected chi connectivity index (χ4v) is 4.32. The lowest BCUT2D eigenvalue weighted by Gasteiger charge is -2.12. The molecule has 0 amide bonds. The molecule has 0 saturated carbocycles. The number of hydrogen-bond donors (Lipinski definition) is 2. The number of halogens is 1. The molecule has 0 aliphatic carbocycles. The zero-order valence-corrected chi connectivity index (χ0v) is 18.1. The van der Waals surface area contributed by atoms with E-state index in [2.05, 4.69) is 4.98 Å². The van der Waals surface area contributed by atoms with Crippen molar-refractivity contribution in [2.24, 2.45) is 5.73 Å². The Kier molecular flexibility index (Phi) is 6.25. The number of nitrogens with zero attached hydrogens (tertiary/aromatic N) is 3. The zero-order chi connectivity index (χ0) is 22.9. The molecule has 3 aromatic rings. The van der Waals surface area contributed by atoms with Crippen LogP contribution in [0.4, 0.5) is 4.39 Å². The summed E-state index contributed by atoms with van der Waals surface area (Å²) in [7, 11) is -0.812. The summed E-state index contributed by atoms with van der Waals surface area (Å²) >= 11 is 0. The van der Waals surface area contributed by atoms with Crippen molar-refractivity contribution in [2.75, 3.05) is 20.6 Å². The van der Waals surface area contributed by atoms with E-state index in [-0.39, 0.29) is 23.7 Å². The molecule has 2 aromatic heterocycles. The van der Waals surface area contributed by atoms with Gasteiger partial charge >= 0.3 is 5.97 Å². The molecule has 31 heavy (non-hydrogen) atoms. The van der Waals surface area contributed by atoms with Gasteiger partial charge in [0.2, 0.25) is 10.0 Å². The minimum Gasteiger partial charge on any atom is -0.477 e. The standard InChI is InChI=1S/C21H23FN4O4S/c1-13-19(14-5-4-6-16(11-14)31(29,30)25(2)3)20-18(8-7-17(24-20)21(27)28)26(13)12-15(22)9-10-23/h4-9,11H,10,12,23H2,1-3H3,(H,27,28). The molecular formula is C21H23FN4O4S. The van der Waals surface area contributed by atoms with Gasteiger partial charge in [-0.2, -0.15) is 0 Å². The van der Waals surface area contributed by atoms with Crippen LogP contribution >= 0.6 is 0 Å². The second kappa shape index (κ2) is 8.58. The van der Waals surface area contributed by atoms with Crippen molar-refractivity contribution < 1.29 is 22.7 Å². The van der Waals surface area contributed by atoms with Crippen LogP contribution in [0.2, 0.25) is 0 Å². The van der Waals surface area contributed by atoms with E-state index in [9.17, 15) is 22.7 Å². The maximum Gasteiger partial charge on any atom is 0.354 e. The molecule has 0 aliphatic rings. The molecular weight excluding hydrogens is 423 g/mol. The van der Waals surface area contributed by atoms with Crippen LogP contribution in [0, 0.1) is 6.92 Å². The normalized spacial score (nSPS) is 12.6. The summed E-state index contributed by atoms with van der Waals surface area (Å²) in [5.41, 5.74) is 7.79. The number of carboxylic acid groups (broad SMARTS) is 1. The Morgan fingerprint density at radius 1 is 1.29 bits per heavy atom. The largest absolute Gasteiger partial charge is 0.477 e. The highest BCUT2D eigenvalue weighted by Crippen LogP contribution is 2.35. The van der Waals surface area contributed by atoms with Crippen molar-refractivity contribution in [3.8, 4) is 11.1 Å². The van der Waals surface area contributed by atoms with Crippen molar-refractivity contribution in [3.05, 3.63) is 59.7 Å². The third-order valence-electron chi connectivity index (χ3n) is 4.94. The number of sulfonamides is 1. The van der Waals surface area contributed by atoms with Gasteiger partial charge in [-0.1, -0.05) is 12.1 Å². The Morgan fingerprint density at radius 3 is 2.61 bits per heavy atom. The molecule has 8 nitrogen and oxygen atoms in total. The summed E-state index contributed by atoms with van der Waals surface area (Å²) in [5, 5.41) is 9.37. The lowest BCUT2D eigenvalue weighted by molar-refractivity contribution is 0.0691. The van der Waals surface area contributed by atoms with Crippen molar-refractivity contribution >= 4 is 27.0 Å². The topological polar surface area (TPSA) is 119 Å². The summed E-state index contributed by atoms with van der Waals surface area (Å²) in [6.45, 7) is 1.69. The first-order valence-electron chi connectivity index (χ1n) is 9.38. The quantitative estimate of drug-likeness (QED) is 0.576. The Bertz CT molecular complexity index is 1300. The van der Waals surface area contributed by atoms with Crippen LogP contribution in [-0.2, 0) is 16.6 Å². The van der Waals surface area contributed by atoms with E-state index in [1.54, 1.807) is 29.7 Å². The first-order valence-corrected chi connectivity index (χ1v) is 10.8. The number of aromatic carboxylic acids is 1. The van der Waals surface area contributed by atoms with Gasteiger partial charge in [-0.3, -0.25) is 0 Å². The molecule has 164 valence electrons. The lowest BCUT2D eigenvalue weighted by atomic mass is 10.0. The Labute approximate surface area is 179 Å². The molecule has 0 bridgehead atoms. The van der Waals surface area contributed by atoms with Crippen LogP contribution < -0.4 is 5.73 Å². The highest BCUT2D eigenvalue weighted by Gasteiger charge is 2.22. The van der Waals surface area contributed by atoms with Crippen molar-refractivity contribution in [1.82, 2.24) is 13.9 Å². The number of nitrogens with two attached hydrogens (primary N) is 1. The van der Waals surface area contributed by atoms with Gasteiger partial charge < -0.3 is 15.4 Å². The average molecular weight is 447 g/mol. The number of carbonyl (C=O) groups is 1. The molecule has 0 fully saturated rings. The summed E-state index contributed by atoms with van der Waals surface area (Å²) in [4.78, 5) is 15.8. The average Bonchev–Trinajstić information content (AvgIpc) is 2.99. The Balaban J connectivity index is 2.32. The monoisotopic (exact) mass is 446 g/mol. The molecule has 0 atom stereocenters. The third-order valence-corrected chi connectivity index (χ3v) is 6.75. The first kappa shape index (κ1) is 22.6. The second-order valence-corrected chi connectivity index (χ2v) is 9.27.